The summed E-state index contributed by atoms with van der Waals surface area (Å²) in [5.41, 5.74) is 4.92. The van der Waals surface area contributed by atoms with Gasteiger partial charge in [-0.25, -0.2) is 9.37 Å². The van der Waals surface area contributed by atoms with Gasteiger partial charge in [0.15, 0.2) is 6.10 Å². The molecule has 144 valence electrons. The molecule has 1 atom stereocenters. The van der Waals surface area contributed by atoms with E-state index in [1.54, 1.807) is 43.3 Å². The van der Waals surface area contributed by atoms with Gasteiger partial charge < -0.3 is 4.74 Å². The maximum Gasteiger partial charge on any atom is 0.281 e. The number of hydrogen-bond acceptors (Lipinski definition) is 5. The summed E-state index contributed by atoms with van der Waals surface area (Å²) in [7, 11) is 0. The highest BCUT2D eigenvalue weighted by Gasteiger charge is 2.18. The summed E-state index contributed by atoms with van der Waals surface area (Å²) < 4.78 is 20.2. The van der Waals surface area contributed by atoms with Gasteiger partial charge in [0.2, 0.25) is 0 Å². The molecule has 0 spiro atoms. The first-order valence-electron chi connectivity index (χ1n) is 8.17. The molecule has 6 nitrogen and oxygen atoms in total. The Labute approximate surface area is 172 Å². The van der Waals surface area contributed by atoms with Crippen LogP contribution in [0.25, 0.3) is 10.6 Å². The van der Waals surface area contributed by atoms with E-state index < -0.39 is 23.7 Å². The molecule has 0 saturated heterocycles. The van der Waals surface area contributed by atoms with Crippen molar-refractivity contribution < 1.29 is 18.7 Å². The normalized spacial score (nSPS) is 11.5. The molecule has 0 fully saturated rings. The molecule has 1 aromatic heterocycles. The highest BCUT2D eigenvalue weighted by molar-refractivity contribution is 9.10. The van der Waals surface area contributed by atoms with Gasteiger partial charge in [-0.3, -0.25) is 20.4 Å². The smallest absolute Gasteiger partial charge is 0.281 e. The Balaban J connectivity index is 1.56. The predicted molar refractivity (Wildman–Crippen MR) is 107 cm³/mol. The molecule has 0 aliphatic rings. The van der Waals surface area contributed by atoms with Gasteiger partial charge in [0, 0.05) is 10.0 Å². The average Bonchev–Trinajstić information content (AvgIpc) is 3.16. The van der Waals surface area contributed by atoms with Crippen molar-refractivity contribution in [2.24, 2.45) is 0 Å². The van der Waals surface area contributed by atoms with Gasteiger partial charge >= 0.3 is 0 Å². The van der Waals surface area contributed by atoms with Crippen LogP contribution in [0.2, 0.25) is 0 Å². The molecule has 0 saturated carbocycles. The van der Waals surface area contributed by atoms with Crippen LogP contribution >= 0.6 is 27.3 Å². The van der Waals surface area contributed by atoms with E-state index >= 15 is 0 Å². The van der Waals surface area contributed by atoms with Crippen LogP contribution in [0.15, 0.2) is 59.2 Å². The first-order chi connectivity index (χ1) is 13.4. The molecule has 0 aliphatic heterocycles. The third-order valence-corrected chi connectivity index (χ3v) is 5.13. The van der Waals surface area contributed by atoms with Crippen LogP contribution in [0.3, 0.4) is 0 Å². The number of ether oxygens (including phenoxy) is 1. The lowest BCUT2D eigenvalue weighted by molar-refractivity contribution is -0.128. The fraction of sp³-hybridized carbons (Fsp3) is 0.105. The monoisotopic (exact) mass is 463 g/mol. The fourth-order valence-corrected chi connectivity index (χ4v) is 3.43. The van der Waals surface area contributed by atoms with Gasteiger partial charge in [0.25, 0.3) is 11.8 Å². The van der Waals surface area contributed by atoms with E-state index in [1.807, 2.05) is 6.07 Å². The van der Waals surface area contributed by atoms with Gasteiger partial charge in [0.1, 0.15) is 21.5 Å². The SMILES string of the molecule is CC(Oc1cccc(Br)c1)C(=O)NNC(=O)c1cnc(-c2ccccc2F)s1. The van der Waals surface area contributed by atoms with Crippen molar-refractivity contribution >= 4 is 39.1 Å². The van der Waals surface area contributed by atoms with Crippen molar-refractivity contribution in [3.63, 3.8) is 0 Å². The summed E-state index contributed by atoms with van der Waals surface area (Å²) >= 11 is 4.34. The van der Waals surface area contributed by atoms with Crippen molar-refractivity contribution in [3.05, 3.63) is 69.9 Å². The molecule has 0 radical (unpaired) electrons. The Kier molecular flexibility index (Phi) is 6.37. The summed E-state index contributed by atoms with van der Waals surface area (Å²) in [6.45, 7) is 1.56. The van der Waals surface area contributed by atoms with E-state index in [0.29, 0.717) is 16.3 Å². The Morgan fingerprint density at radius 1 is 1.18 bits per heavy atom. The lowest BCUT2D eigenvalue weighted by Crippen LogP contribution is -2.47. The molecule has 2 amide bonds. The minimum atomic E-state index is -0.829. The Morgan fingerprint density at radius 3 is 2.71 bits per heavy atom. The number of thiazole rings is 1. The van der Waals surface area contributed by atoms with Crippen LogP contribution in [-0.4, -0.2) is 22.9 Å². The van der Waals surface area contributed by atoms with Crippen LogP contribution in [-0.2, 0) is 4.79 Å². The first kappa shape index (κ1) is 20.0. The first-order valence-corrected chi connectivity index (χ1v) is 9.78. The molecular formula is C19H15BrFN3O3S. The number of nitrogens with zero attached hydrogens (tertiary/aromatic N) is 1. The van der Waals surface area contributed by atoms with Crippen molar-refractivity contribution in [1.82, 2.24) is 15.8 Å². The van der Waals surface area contributed by atoms with Crippen molar-refractivity contribution in [2.45, 2.75) is 13.0 Å². The number of rotatable bonds is 5. The van der Waals surface area contributed by atoms with Crippen molar-refractivity contribution in [1.29, 1.82) is 0 Å². The van der Waals surface area contributed by atoms with Crippen LogP contribution in [0.4, 0.5) is 4.39 Å². The van der Waals surface area contributed by atoms with E-state index in [-0.39, 0.29) is 4.88 Å². The molecule has 9 heteroatoms. The van der Waals surface area contributed by atoms with Crippen molar-refractivity contribution in [2.75, 3.05) is 0 Å². The second kappa shape index (κ2) is 8.94. The number of benzene rings is 2. The second-order valence-corrected chi connectivity index (χ2v) is 7.62. The Morgan fingerprint density at radius 2 is 1.96 bits per heavy atom. The van der Waals surface area contributed by atoms with E-state index in [9.17, 15) is 14.0 Å². The molecule has 1 heterocycles. The summed E-state index contributed by atoms with van der Waals surface area (Å²) in [4.78, 5) is 28.6. The lowest BCUT2D eigenvalue weighted by Gasteiger charge is -2.15. The fourth-order valence-electron chi connectivity index (χ4n) is 2.22. The minimum Gasteiger partial charge on any atom is -0.481 e. The Hall–Kier alpha value is -2.78. The van der Waals surface area contributed by atoms with E-state index in [1.165, 1.54) is 12.3 Å². The molecule has 2 N–H and O–H groups in total. The quantitative estimate of drug-likeness (QED) is 0.561. The highest BCUT2D eigenvalue weighted by atomic mass is 79.9. The number of hydrazine groups is 1. The van der Waals surface area contributed by atoms with Crippen LogP contribution in [0.5, 0.6) is 5.75 Å². The number of halogens is 2. The molecule has 3 aromatic rings. The third-order valence-electron chi connectivity index (χ3n) is 3.61. The zero-order valence-corrected chi connectivity index (χ0v) is 17.0. The highest BCUT2D eigenvalue weighted by Crippen LogP contribution is 2.27. The molecule has 1 unspecified atom stereocenters. The van der Waals surface area contributed by atoms with E-state index in [0.717, 1.165) is 15.8 Å². The number of carbonyl (C=O) groups excluding carboxylic acids is 2. The summed E-state index contributed by atoms with van der Waals surface area (Å²) in [6, 6.07) is 13.2. The number of aromatic nitrogens is 1. The number of carbonyl (C=O) groups is 2. The van der Waals surface area contributed by atoms with Crippen LogP contribution in [0, 0.1) is 5.82 Å². The molecule has 2 aromatic carbocycles. The maximum atomic E-state index is 13.8. The average molecular weight is 464 g/mol. The summed E-state index contributed by atoms with van der Waals surface area (Å²) in [5.74, 6) is -0.980. The van der Waals surface area contributed by atoms with E-state index in [4.69, 9.17) is 4.74 Å². The summed E-state index contributed by atoms with van der Waals surface area (Å²) in [5, 5.41) is 0.376. The summed E-state index contributed by atoms with van der Waals surface area (Å²) in [6.07, 6.45) is 0.500. The molecule has 0 aliphatic carbocycles. The van der Waals surface area contributed by atoms with Gasteiger partial charge in [0.05, 0.1) is 6.20 Å². The number of hydrogen-bond donors (Lipinski definition) is 2. The predicted octanol–water partition coefficient (Wildman–Crippen LogP) is 3.94. The maximum absolute atomic E-state index is 13.8. The van der Waals surface area contributed by atoms with Gasteiger partial charge in [-0.15, -0.1) is 11.3 Å². The molecule has 3 rings (SSSR count). The minimum absolute atomic E-state index is 0.235. The standard InChI is InChI=1S/C19H15BrFN3O3S/c1-11(27-13-6-4-5-12(20)9-13)17(25)23-24-18(26)16-10-22-19(28-16)14-7-2-3-8-15(14)21/h2-11H,1H3,(H,23,25)(H,24,26). The topological polar surface area (TPSA) is 80.3 Å². The van der Waals surface area contributed by atoms with Crippen LogP contribution in [0.1, 0.15) is 16.6 Å². The Bertz CT molecular complexity index is 1010. The van der Waals surface area contributed by atoms with E-state index in [2.05, 4.69) is 31.8 Å². The van der Waals surface area contributed by atoms with Crippen LogP contribution < -0.4 is 15.6 Å². The zero-order chi connectivity index (χ0) is 20.1. The lowest BCUT2D eigenvalue weighted by atomic mass is 10.2. The third kappa shape index (κ3) is 4.93. The van der Waals surface area contributed by atoms with Gasteiger partial charge in [-0.05, 0) is 37.3 Å². The number of nitrogens with one attached hydrogen (secondary N) is 2. The second-order valence-electron chi connectivity index (χ2n) is 5.67. The molecule has 28 heavy (non-hydrogen) atoms. The molecular weight excluding hydrogens is 449 g/mol. The van der Waals surface area contributed by atoms with Gasteiger partial charge in [-0.2, -0.15) is 0 Å². The van der Waals surface area contributed by atoms with Crippen molar-refractivity contribution in [3.8, 4) is 16.3 Å². The number of amides is 2. The van der Waals surface area contributed by atoms with Gasteiger partial charge in [-0.1, -0.05) is 34.1 Å². The largest absolute Gasteiger partial charge is 0.481 e. The molecule has 0 bridgehead atoms. The zero-order valence-electron chi connectivity index (χ0n) is 14.6.